The molecular weight excluding hydrogens is 421 g/mol. The predicted octanol–water partition coefficient (Wildman–Crippen LogP) is 3.08. The highest BCUT2D eigenvalue weighted by molar-refractivity contribution is 6.33. The Balaban J connectivity index is 2.07. The number of hydrogen-bond acceptors (Lipinski definition) is 6. The predicted molar refractivity (Wildman–Crippen MR) is 109 cm³/mol. The first-order chi connectivity index (χ1) is 13.8. The van der Waals surface area contributed by atoms with Crippen molar-refractivity contribution in [2.75, 3.05) is 7.11 Å². The lowest BCUT2D eigenvalue weighted by atomic mass is 10.2. The van der Waals surface area contributed by atoms with E-state index < -0.39 is 23.1 Å². The van der Waals surface area contributed by atoms with E-state index in [1.165, 1.54) is 49.6 Å². The minimum Gasteiger partial charge on any atom is -0.493 e. The molecule has 0 aliphatic heterocycles. The zero-order valence-electron chi connectivity index (χ0n) is 14.8. The zero-order chi connectivity index (χ0) is 21.1. The molecule has 2 N–H and O–H groups in total. The number of ether oxygens (including phenoxy) is 1. The third kappa shape index (κ3) is 4.23. The summed E-state index contributed by atoms with van der Waals surface area (Å²) in [5.41, 5.74) is -1.25. The third-order valence-corrected chi connectivity index (χ3v) is 4.49. The van der Waals surface area contributed by atoms with Crippen molar-refractivity contribution >= 4 is 41.1 Å². The van der Waals surface area contributed by atoms with Crippen molar-refractivity contribution in [1.82, 2.24) is 9.55 Å². The van der Waals surface area contributed by atoms with E-state index in [1.807, 2.05) is 0 Å². The number of carbonyl (C=O) groups is 1. The van der Waals surface area contributed by atoms with Gasteiger partial charge in [-0.2, -0.15) is 0 Å². The summed E-state index contributed by atoms with van der Waals surface area (Å²) >= 11 is 11.8. The molecule has 0 aliphatic rings. The summed E-state index contributed by atoms with van der Waals surface area (Å²) in [6.07, 6.45) is 1.07. The number of aromatic hydroxyl groups is 1. The van der Waals surface area contributed by atoms with Crippen LogP contribution in [0.15, 0.2) is 57.0 Å². The highest BCUT2D eigenvalue weighted by Gasteiger charge is 2.15. The maximum atomic E-state index is 12.2. The van der Waals surface area contributed by atoms with Crippen LogP contribution in [0.4, 0.5) is 5.69 Å². The molecule has 0 spiro atoms. The monoisotopic (exact) mass is 433 g/mol. The summed E-state index contributed by atoms with van der Waals surface area (Å²) in [4.78, 5) is 42.3. The number of esters is 1. The average Bonchev–Trinajstić information content (AvgIpc) is 2.69. The standard InChI is InChI=1S/C19H13Cl2N3O5/c1-29-18(27)13-8-11(4-7-15(13)21)22-9-14-16(25)23-19(28)24(17(14)26)12-5-2-10(20)3-6-12/h2-9,26H,1H3,(H,23,25,28). The van der Waals surface area contributed by atoms with E-state index in [1.54, 1.807) is 0 Å². The van der Waals surface area contributed by atoms with Crippen LogP contribution in [-0.2, 0) is 4.74 Å². The summed E-state index contributed by atoms with van der Waals surface area (Å²) in [5, 5.41) is 11.1. The number of aromatic amines is 1. The minimum absolute atomic E-state index is 0.0908. The highest BCUT2D eigenvalue weighted by atomic mass is 35.5. The number of nitrogens with zero attached hydrogens (tertiary/aromatic N) is 2. The zero-order valence-corrected chi connectivity index (χ0v) is 16.4. The van der Waals surface area contributed by atoms with Gasteiger partial charge in [0.15, 0.2) is 0 Å². The van der Waals surface area contributed by atoms with E-state index in [0.29, 0.717) is 10.7 Å². The van der Waals surface area contributed by atoms with Crippen molar-refractivity contribution in [2.24, 2.45) is 4.99 Å². The smallest absolute Gasteiger partial charge is 0.339 e. The highest BCUT2D eigenvalue weighted by Crippen LogP contribution is 2.24. The molecule has 0 aliphatic carbocycles. The van der Waals surface area contributed by atoms with Crippen molar-refractivity contribution in [1.29, 1.82) is 0 Å². The van der Waals surface area contributed by atoms with Gasteiger partial charge in [0.1, 0.15) is 5.56 Å². The van der Waals surface area contributed by atoms with Gasteiger partial charge in [-0.25, -0.2) is 14.2 Å². The van der Waals surface area contributed by atoms with Crippen molar-refractivity contribution in [3.63, 3.8) is 0 Å². The van der Waals surface area contributed by atoms with Crippen molar-refractivity contribution in [2.45, 2.75) is 0 Å². The summed E-state index contributed by atoms with van der Waals surface area (Å²) in [7, 11) is 1.21. The molecule has 1 aromatic heterocycles. The lowest BCUT2D eigenvalue weighted by molar-refractivity contribution is 0.0601. The Labute approximate surface area is 173 Å². The van der Waals surface area contributed by atoms with Gasteiger partial charge in [0.05, 0.1) is 29.1 Å². The molecule has 3 rings (SSSR count). The number of nitrogens with one attached hydrogen (secondary N) is 1. The van der Waals surface area contributed by atoms with E-state index in [0.717, 1.165) is 10.8 Å². The number of aliphatic imine (C=N–C) groups is 1. The Morgan fingerprint density at radius 2 is 1.86 bits per heavy atom. The first kappa shape index (κ1) is 20.4. The normalized spacial score (nSPS) is 11.0. The topological polar surface area (TPSA) is 114 Å². The number of rotatable bonds is 4. The van der Waals surface area contributed by atoms with E-state index in [-0.39, 0.29) is 21.8 Å². The SMILES string of the molecule is COC(=O)c1cc(N=Cc2c(O)n(-c3ccc(Cl)cc3)c(=O)[nH]c2=O)ccc1Cl. The van der Waals surface area contributed by atoms with Gasteiger partial charge in [0.25, 0.3) is 5.56 Å². The summed E-state index contributed by atoms with van der Waals surface area (Å²) in [5.74, 6) is -1.25. The van der Waals surface area contributed by atoms with Crippen LogP contribution < -0.4 is 11.2 Å². The Kier molecular flexibility index (Phi) is 5.86. The summed E-state index contributed by atoms with van der Waals surface area (Å²) in [6, 6.07) is 10.4. The molecule has 0 unspecified atom stereocenters. The van der Waals surface area contributed by atoms with Crippen LogP contribution in [0.2, 0.25) is 10.0 Å². The maximum Gasteiger partial charge on any atom is 0.339 e. The number of H-pyrrole nitrogens is 1. The number of aromatic nitrogens is 2. The van der Waals surface area contributed by atoms with Crippen molar-refractivity contribution in [3.05, 3.63) is 84.5 Å². The Morgan fingerprint density at radius 3 is 2.52 bits per heavy atom. The van der Waals surface area contributed by atoms with E-state index in [2.05, 4.69) is 14.7 Å². The number of benzene rings is 2. The van der Waals surface area contributed by atoms with Crippen LogP contribution >= 0.6 is 23.2 Å². The van der Waals surface area contributed by atoms with E-state index in [9.17, 15) is 19.5 Å². The fraction of sp³-hybridized carbons (Fsp3) is 0.0526. The van der Waals surface area contributed by atoms with E-state index in [4.69, 9.17) is 23.2 Å². The van der Waals surface area contributed by atoms with Crippen LogP contribution in [0, 0.1) is 0 Å². The lowest BCUT2D eigenvalue weighted by Gasteiger charge is -2.09. The minimum atomic E-state index is -0.830. The number of hydrogen-bond donors (Lipinski definition) is 2. The van der Waals surface area contributed by atoms with E-state index >= 15 is 0 Å². The molecule has 0 bridgehead atoms. The lowest BCUT2D eigenvalue weighted by Crippen LogP contribution is -2.31. The largest absolute Gasteiger partial charge is 0.493 e. The molecular formula is C19H13Cl2N3O5. The first-order valence-electron chi connectivity index (χ1n) is 8.08. The molecule has 0 saturated carbocycles. The first-order valence-corrected chi connectivity index (χ1v) is 8.83. The Morgan fingerprint density at radius 1 is 1.17 bits per heavy atom. The molecule has 1 heterocycles. The van der Waals surface area contributed by atoms with Crippen LogP contribution in [0.1, 0.15) is 15.9 Å². The number of carbonyl (C=O) groups excluding carboxylic acids is 1. The van der Waals surface area contributed by atoms with Gasteiger partial charge in [-0.05, 0) is 42.5 Å². The fourth-order valence-electron chi connectivity index (χ4n) is 2.48. The molecule has 3 aromatic rings. The summed E-state index contributed by atoms with van der Waals surface area (Å²) in [6.45, 7) is 0. The molecule has 0 fully saturated rings. The van der Waals surface area contributed by atoms with Crippen LogP contribution in [0.25, 0.3) is 5.69 Å². The summed E-state index contributed by atoms with van der Waals surface area (Å²) < 4.78 is 5.55. The average molecular weight is 434 g/mol. The molecule has 0 amide bonds. The quantitative estimate of drug-likeness (QED) is 0.484. The fourth-order valence-corrected chi connectivity index (χ4v) is 2.80. The number of methoxy groups -OCH3 is 1. The van der Waals surface area contributed by atoms with Gasteiger partial charge >= 0.3 is 11.7 Å². The van der Waals surface area contributed by atoms with Gasteiger partial charge < -0.3 is 9.84 Å². The van der Waals surface area contributed by atoms with Gasteiger partial charge in [-0.3, -0.25) is 14.8 Å². The van der Waals surface area contributed by atoms with Crippen LogP contribution in [0.3, 0.4) is 0 Å². The van der Waals surface area contributed by atoms with Gasteiger partial charge in [-0.1, -0.05) is 23.2 Å². The molecule has 29 heavy (non-hydrogen) atoms. The van der Waals surface area contributed by atoms with Crippen molar-refractivity contribution in [3.8, 4) is 11.6 Å². The second-order valence-electron chi connectivity index (χ2n) is 5.72. The molecule has 0 atom stereocenters. The molecule has 0 radical (unpaired) electrons. The third-order valence-electron chi connectivity index (χ3n) is 3.90. The molecule has 148 valence electrons. The molecule has 0 saturated heterocycles. The number of halogens is 2. The Hall–Kier alpha value is -3.36. The van der Waals surface area contributed by atoms with Crippen LogP contribution in [0.5, 0.6) is 5.88 Å². The second kappa shape index (κ2) is 8.34. The van der Waals surface area contributed by atoms with Crippen LogP contribution in [-0.4, -0.2) is 34.0 Å². The van der Waals surface area contributed by atoms with Gasteiger partial charge in [0, 0.05) is 11.2 Å². The Bertz CT molecular complexity index is 1230. The van der Waals surface area contributed by atoms with Crippen molar-refractivity contribution < 1.29 is 14.6 Å². The van der Waals surface area contributed by atoms with Gasteiger partial charge in [-0.15, -0.1) is 0 Å². The molecule has 2 aromatic carbocycles. The van der Waals surface area contributed by atoms with Gasteiger partial charge in [0.2, 0.25) is 5.88 Å². The second-order valence-corrected chi connectivity index (χ2v) is 6.57. The maximum absolute atomic E-state index is 12.2. The molecule has 10 heteroatoms. The molecule has 8 nitrogen and oxygen atoms in total.